The van der Waals surface area contributed by atoms with Crippen LogP contribution in [0.15, 0.2) is 33.9 Å². The van der Waals surface area contributed by atoms with Crippen molar-refractivity contribution < 1.29 is 19.3 Å². The van der Waals surface area contributed by atoms with Crippen LogP contribution in [0.5, 0.6) is 0 Å². The molecule has 0 amide bonds. The van der Waals surface area contributed by atoms with E-state index in [0.717, 1.165) is 30.5 Å². The smallest absolute Gasteiger partial charge is 0.307 e. The lowest BCUT2D eigenvalue weighted by atomic mass is 9.98. The number of carboxylic acid groups (broad SMARTS) is 1. The molecule has 1 saturated heterocycles. The summed E-state index contributed by atoms with van der Waals surface area (Å²) in [4.78, 5) is 18.6. The minimum atomic E-state index is -0.726. The average Bonchev–Trinajstić information content (AvgIpc) is 3.03. The number of oxime groups is 1. The van der Waals surface area contributed by atoms with Crippen molar-refractivity contribution in [2.45, 2.75) is 19.8 Å². The summed E-state index contributed by atoms with van der Waals surface area (Å²) in [5.41, 5.74) is 2.31. The fraction of sp³-hybridized carbons (Fsp3) is 0.421. The number of aryl methyl sites for hydroxylation is 1. The first kappa shape index (κ1) is 19.4. The summed E-state index contributed by atoms with van der Waals surface area (Å²) >= 11 is 5.93. The number of piperidine rings is 1. The highest BCUT2D eigenvalue weighted by atomic mass is 35.5. The molecule has 1 unspecified atom stereocenters. The zero-order valence-corrected chi connectivity index (χ0v) is 15.9. The van der Waals surface area contributed by atoms with E-state index >= 15 is 0 Å². The van der Waals surface area contributed by atoms with E-state index in [2.05, 4.69) is 15.2 Å². The third-order valence-electron chi connectivity index (χ3n) is 4.64. The van der Waals surface area contributed by atoms with Gasteiger partial charge in [-0.25, -0.2) is 0 Å². The minimum absolute atomic E-state index is 0.288. The highest BCUT2D eigenvalue weighted by Gasteiger charge is 2.24. The Morgan fingerprint density at radius 1 is 1.48 bits per heavy atom. The van der Waals surface area contributed by atoms with Crippen LogP contribution in [0.4, 0.5) is 0 Å². The molecule has 1 aromatic carbocycles. The number of aromatic nitrogens is 1. The normalized spacial score (nSPS) is 18.1. The van der Waals surface area contributed by atoms with Crippen LogP contribution in [0.1, 0.15) is 24.2 Å². The molecule has 2 heterocycles. The number of hydrogen-bond acceptors (Lipinski definition) is 6. The first-order valence-corrected chi connectivity index (χ1v) is 9.25. The summed E-state index contributed by atoms with van der Waals surface area (Å²) in [7, 11) is 0. The highest BCUT2D eigenvalue weighted by Crippen LogP contribution is 2.25. The second-order valence-corrected chi connectivity index (χ2v) is 6.99. The molecule has 8 heteroatoms. The van der Waals surface area contributed by atoms with Gasteiger partial charge in [-0.1, -0.05) is 34.0 Å². The summed E-state index contributed by atoms with van der Waals surface area (Å²) in [6, 6.07) is 7.32. The SMILES string of the molecule is Cc1onc(-c2ccc(Cl)cc2)c1/C=N/OCCN1CCCC(C(=O)O)C1. The van der Waals surface area contributed by atoms with Gasteiger partial charge < -0.3 is 14.5 Å². The van der Waals surface area contributed by atoms with Gasteiger partial charge in [-0.3, -0.25) is 9.69 Å². The second kappa shape index (κ2) is 9.01. The fourth-order valence-electron chi connectivity index (χ4n) is 3.12. The van der Waals surface area contributed by atoms with Gasteiger partial charge in [0, 0.05) is 23.7 Å². The zero-order chi connectivity index (χ0) is 19.2. The standard InChI is InChI=1S/C19H22ClN3O4/c1-13-17(18(22-27-13)14-4-6-16(20)7-5-14)11-21-26-10-9-23-8-2-3-15(12-23)19(24)25/h4-7,11,15H,2-3,8-10,12H2,1H3,(H,24,25)/b21-11+. The van der Waals surface area contributed by atoms with Crippen LogP contribution in [0.3, 0.4) is 0 Å². The number of benzene rings is 1. The fourth-order valence-corrected chi connectivity index (χ4v) is 3.25. The van der Waals surface area contributed by atoms with Gasteiger partial charge in [0.15, 0.2) is 0 Å². The Kier molecular flexibility index (Phi) is 6.47. The van der Waals surface area contributed by atoms with Crippen LogP contribution in [-0.4, -0.2) is 53.6 Å². The minimum Gasteiger partial charge on any atom is -0.481 e. The number of aliphatic carboxylic acids is 1. The molecule has 1 fully saturated rings. The van der Waals surface area contributed by atoms with Crippen molar-refractivity contribution in [2.75, 3.05) is 26.2 Å². The first-order chi connectivity index (χ1) is 13.0. The van der Waals surface area contributed by atoms with Gasteiger partial charge in [0.1, 0.15) is 18.1 Å². The van der Waals surface area contributed by atoms with Gasteiger partial charge in [0.05, 0.1) is 17.7 Å². The number of carbonyl (C=O) groups is 1. The molecule has 144 valence electrons. The predicted molar refractivity (Wildman–Crippen MR) is 102 cm³/mol. The van der Waals surface area contributed by atoms with Crippen molar-refractivity contribution in [3.63, 3.8) is 0 Å². The Bertz CT molecular complexity index is 804. The van der Waals surface area contributed by atoms with E-state index in [4.69, 9.17) is 26.1 Å². The maximum atomic E-state index is 11.1. The van der Waals surface area contributed by atoms with E-state index in [9.17, 15) is 4.79 Å². The van der Waals surface area contributed by atoms with Crippen molar-refractivity contribution in [3.05, 3.63) is 40.6 Å². The van der Waals surface area contributed by atoms with Crippen LogP contribution in [0.2, 0.25) is 5.02 Å². The molecule has 1 atom stereocenters. The number of rotatable bonds is 7. The molecule has 0 bridgehead atoms. The second-order valence-electron chi connectivity index (χ2n) is 6.55. The summed E-state index contributed by atoms with van der Waals surface area (Å²) in [5, 5.41) is 17.9. The Morgan fingerprint density at radius 2 is 2.26 bits per heavy atom. The molecule has 1 aliphatic rings. The molecule has 2 aromatic rings. The molecule has 1 aromatic heterocycles. The lowest BCUT2D eigenvalue weighted by Gasteiger charge is -2.29. The quantitative estimate of drug-likeness (QED) is 0.442. The highest BCUT2D eigenvalue weighted by molar-refractivity contribution is 6.30. The number of halogens is 1. The molecule has 0 radical (unpaired) electrons. The number of carboxylic acids is 1. The molecule has 0 aliphatic carbocycles. The van der Waals surface area contributed by atoms with Crippen LogP contribution in [0.25, 0.3) is 11.3 Å². The van der Waals surface area contributed by atoms with E-state index in [0.29, 0.717) is 36.2 Å². The average molecular weight is 392 g/mol. The van der Waals surface area contributed by atoms with E-state index in [-0.39, 0.29) is 5.92 Å². The molecular weight excluding hydrogens is 370 g/mol. The van der Waals surface area contributed by atoms with E-state index in [1.165, 1.54) is 0 Å². The molecule has 0 spiro atoms. The number of nitrogens with zero attached hydrogens (tertiary/aromatic N) is 3. The van der Waals surface area contributed by atoms with Gasteiger partial charge in [0.25, 0.3) is 0 Å². The lowest BCUT2D eigenvalue weighted by molar-refractivity contribution is -0.143. The monoisotopic (exact) mass is 391 g/mol. The maximum Gasteiger partial charge on any atom is 0.307 e. The number of likely N-dealkylation sites (tertiary alicyclic amines) is 1. The number of hydrogen-bond donors (Lipinski definition) is 1. The van der Waals surface area contributed by atoms with Crippen LogP contribution < -0.4 is 0 Å². The van der Waals surface area contributed by atoms with Crippen LogP contribution in [0, 0.1) is 12.8 Å². The van der Waals surface area contributed by atoms with Crippen LogP contribution in [-0.2, 0) is 9.63 Å². The topological polar surface area (TPSA) is 88.2 Å². The van der Waals surface area contributed by atoms with Gasteiger partial charge in [-0.15, -0.1) is 0 Å². The molecule has 1 aliphatic heterocycles. The summed E-state index contributed by atoms with van der Waals surface area (Å²) in [5.74, 6) is -0.368. The van der Waals surface area contributed by atoms with Crippen LogP contribution >= 0.6 is 11.6 Å². The van der Waals surface area contributed by atoms with Crippen molar-refractivity contribution in [2.24, 2.45) is 11.1 Å². The molecule has 0 saturated carbocycles. The van der Waals surface area contributed by atoms with E-state index < -0.39 is 5.97 Å². The Balaban J connectivity index is 1.54. The summed E-state index contributed by atoms with van der Waals surface area (Å²) < 4.78 is 5.27. The zero-order valence-electron chi connectivity index (χ0n) is 15.1. The van der Waals surface area contributed by atoms with Crippen molar-refractivity contribution >= 4 is 23.8 Å². The molecule has 27 heavy (non-hydrogen) atoms. The van der Waals surface area contributed by atoms with Crippen molar-refractivity contribution in [1.29, 1.82) is 0 Å². The maximum absolute atomic E-state index is 11.1. The third kappa shape index (κ3) is 5.08. The summed E-state index contributed by atoms with van der Waals surface area (Å²) in [6.07, 6.45) is 3.22. The first-order valence-electron chi connectivity index (χ1n) is 8.87. The molecule has 1 N–H and O–H groups in total. The van der Waals surface area contributed by atoms with Gasteiger partial charge >= 0.3 is 5.97 Å². The van der Waals surface area contributed by atoms with E-state index in [1.54, 1.807) is 18.3 Å². The third-order valence-corrected chi connectivity index (χ3v) is 4.89. The lowest BCUT2D eigenvalue weighted by Crippen LogP contribution is -2.40. The Labute approximate surface area is 162 Å². The molecule has 3 rings (SSSR count). The largest absolute Gasteiger partial charge is 0.481 e. The van der Waals surface area contributed by atoms with E-state index in [1.807, 2.05) is 19.1 Å². The van der Waals surface area contributed by atoms with Crippen molar-refractivity contribution in [3.8, 4) is 11.3 Å². The van der Waals surface area contributed by atoms with Gasteiger partial charge in [-0.05, 0) is 38.4 Å². The molecule has 7 nitrogen and oxygen atoms in total. The molecular formula is C19H22ClN3O4. The summed E-state index contributed by atoms with van der Waals surface area (Å²) in [6.45, 7) is 4.31. The van der Waals surface area contributed by atoms with Gasteiger partial charge in [-0.2, -0.15) is 0 Å². The van der Waals surface area contributed by atoms with Gasteiger partial charge in [0.2, 0.25) is 0 Å². The predicted octanol–water partition coefficient (Wildman–Crippen LogP) is 3.45. The Hall–Kier alpha value is -2.38. The van der Waals surface area contributed by atoms with Crippen molar-refractivity contribution in [1.82, 2.24) is 10.1 Å². The Morgan fingerprint density at radius 3 is 3.00 bits per heavy atom.